The van der Waals surface area contributed by atoms with Crippen LogP contribution in [0.4, 0.5) is 5.69 Å². The first-order valence-corrected chi connectivity index (χ1v) is 12.6. The third-order valence-corrected chi connectivity index (χ3v) is 7.02. The highest BCUT2D eigenvalue weighted by atomic mass is 16.5. The van der Waals surface area contributed by atoms with Crippen LogP contribution in [0.25, 0.3) is 10.8 Å². The van der Waals surface area contributed by atoms with Crippen molar-refractivity contribution < 1.29 is 4.74 Å². The molecule has 0 saturated carbocycles. The minimum atomic E-state index is -0.306. The summed E-state index contributed by atoms with van der Waals surface area (Å²) in [4.78, 5) is 5.24. The lowest BCUT2D eigenvalue weighted by Crippen LogP contribution is -2.45. The summed E-state index contributed by atoms with van der Waals surface area (Å²) in [7, 11) is 0. The van der Waals surface area contributed by atoms with Crippen molar-refractivity contribution in [2.75, 3.05) is 5.32 Å². The topological polar surface area (TPSA) is 57.7 Å². The predicted molar refractivity (Wildman–Crippen MR) is 149 cm³/mol. The van der Waals surface area contributed by atoms with Gasteiger partial charge in [-0.3, -0.25) is 5.32 Å². The van der Waals surface area contributed by atoms with E-state index in [-0.39, 0.29) is 18.6 Å². The highest BCUT2D eigenvalue weighted by Gasteiger charge is 2.32. The number of benzene rings is 5. The van der Waals surface area contributed by atoms with Gasteiger partial charge in [0.1, 0.15) is 23.9 Å². The lowest BCUT2D eigenvalue weighted by molar-refractivity contribution is 0.256. The first kappa shape index (κ1) is 21.7. The lowest BCUT2D eigenvalue weighted by Gasteiger charge is -2.34. The van der Waals surface area contributed by atoms with E-state index in [4.69, 9.17) is 9.73 Å². The van der Waals surface area contributed by atoms with Gasteiger partial charge in [0.25, 0.3) is 0 Å². The zero-order valence-corrected chi connectivity index (χ0v) is 20.1. The number of para-hydroxylation sites is 2. The monoisotopic (exact) mass is 482 g/mol. The Morgan fingerprint density at radius 1 is 0.649 bits per heavy atom. The first-order valence-electron chi connectivity index (χ1n) is 12.6. The van der Waals surface area contributed by atoms with Crippen molar-refractivity contribution in [1.82, 2.24) is 10.6 Å². The number of fused-ring (bicyclic) bond motifs is 2. The summed E-state index contributed by atoms with van der Waals surface area (Å²) in [6, 6.07) is 41.7. The average Bonchev–Trinajstić information content (AvgIpc) is 3.41. The minimum absolute atomic E-state index is 0.111. The van der Waals surface area contributed by atoms with Crippen molar-refractivity contribution in [3.8, 4) is 5.75 Å². The number of nitrogens with one attached hydrogen (secondary N) is 3. The van der Waals surface area contributed by atoms with E-state index in [9.17, 15) is 0 Å². The number of ether oxygens (including phenoxy) is 1. The first-order chi connectivity index (χ1) is 18.3. The van der Waals surface area contributed by atoms with Crippen LogP contribution in [-0.2, 0) is 0 Å². The van der Waals surface area contributed by atoms with Crippen LogP contribution in [0.1, 0.15) is 40.8 Å². The van der Waals surface area contributed by atoms with Gasteiger partial charge in [0.05, 0.1) is 5.69 Å². The van der Waals surface area contributed by atoms with Crippen LogP contribution >= 0.6 is 0 Å². The van der Waals surface area contributed by atoms with E-state index >= 15 is 0 Å². The molecule has 0 amide bonds. The molecular weight excluding hydrogens is 456 g/mol. The van der Waals surface area contributed by atoms with Gasteiger partial charge >= 0.3 is 0 Å². The number of nitrogens with zero attached hydrogens (tertiary/aromatic N) is 1. The minimum Gasteiger partial charge on any atom is -0.464 e. The maximum Gasteiger partial charge on any atom is 0.197 e. The molecule has 0 aliphatic carbocycles. The molecular formula is C32H26N4O. The molecule has 3 atom stereocenters. The molecule has 0 aromatic heterocycles. The SMILES string of the molecule is c1ccc(C2=NC(c3c(C4Nc5ccccc5O4)ccc4ccccc34)NC(c3ccccc3)N2)cc1. The van der Waals surface area contributed by atoms with Crippen molar-refractivity contribution in [3.63, 3.8) is 0 Å². The van der Waals surface area contributed by atoms with Gasteiger partial charge in [-0.1, -0.05) is 109 Å². The number of aliphatic imine (C=N–C) groups is 1. The van der Waals surface area contributed by atoms with Crippen molar-refractivity contribution in [1.29, 1.82) is 0 Å². The molecule has 0 saturated heterocycles. The van der Waals surface area contributed by atoms with Gasteiger partial charge < -0.3 is 15.4 Å². The molecule has 180 valence electrons. The van der Waals surface area contributed by atoms with Crippen molar-refractivity contribution >= 4 is 22.3 Å². The molecule has 5 aromatic rings. The number of rotatable bonds is 4. The largest absolute Gasteiger partial charge is 0.464 e. The summed E-state index contributed by atoms with van der Waals surface area (Å²) < 4.78 is 6.39. The Balaban J connectivity index is 1.39. The number of anilines is 1. The Labute approximate surface area is 215 Å². The Hall–Kier alpha value is -4.61. The summed E-state index contributed by atoms with van der Waals surface area (Å²) in [5.74, 6) is 1.72. The van der Waals surface area contributed by atoms with Gasteiger partial charge in [0, 0.05) is 16.7 Å². The van der Waals surface area contributed by atoms with Crippen LogP contribution < -0.4 is 20.7 Å². The Morgan fingerprint density at radius 3 is 2.22 bits per heavy atom. The third kappa shape index (κ3) is 3.99. The summed E-state index contributed by atoms with van der Waals surface area (Å²) in [5.41, 5.74) is 5.39. The molecule has 0 radical (unpaired) electrons. The standard InChI is InChI=1S/C32H26N4O/c1-3-12-22(13-4-1)29-34-30(23-14-5-2-6-15-23)36-31(35-29)28-24-16-8-7-11-21(24)19-20-25(28)32-33-26-17-9-10-18-27(26)37-32/h1-20,29,31-33,35H,(H,34,36). The molecule has 2 aliphatic rings. The van der Waals surface area contributed by atoms with E-state index in [1.54, 1.807) is 0 Å². The molecule has 3 N–H and O–H groups in total. The van der Waals surface area contributed by atoms with Crippen molar-refractivity contribution in [3.05, 3.63) is 144 Å². The Bertz CT molecular complexity index is 1570. The van der Waals surface area contributed by atoms with Crippen LogP contribution in [0.2, 0.25) is 0 Å². The molecule has 3 unspecified atom stereocenters. The average molecular weight is 483 g/mol. The van der Waals surface area contributed by atoms with Gasteiger partial charge in [-0.05, 0) is 28.5 Å². The molecule has 5 aromatic carbocycles. The van der Waals surface area contributed by atoms with Crippen LogP contribution in [0.3, 0.4) is 0 Å². The highest BCUT2D eigenvalue weighted by molar-refractivity contribution is 6.00. The highest BCUT2D eigenvalue weighted by Crippen LogP contribution is 2.42. The second kappa shape index (κ2) is 9.12. The Morgan fingerprint density at radius 2 is 1.38 bits per heavy atom. The van der Waals surface area contributed by atoms with E-state index in [1.165, 1.54) is 5.39 Å². The molecule has 37 heavy (non-hydrogen) atoms. The number of amidine groups is 1. The Kier molecular flexibility index (Phi) is 5.34. The fourth-order valence-corrected chi connectivity index (χ4v) is 5.24. The predicted octanol–water partition coefficient (Wildman–Crippen LogP) is 6.68. The van der Waals surface area contributed by atoms with Crippen LogP contribution in [0, 0.1) is 0 Å². The maximum absolute atomic E-state index is 6.39. The molecule has 5 heteroatoms. The number of hydrogen-bond acceptors (Lipinski definition) is 5. The normalized spacial score (nSPS) is 20.3. The van der Waals surface area contributed by atoms with Gasteiger partial charge in [0.2, 0.25) is 0 Å². The van der Waals surface area contributed by atoms with Crippen LogP contribution in [-0.4, -0.2) is 5.84 Å². The van der Waals surface area contributed by atoms with Crippen molar-refractivity contribution in [2.45, 2.75) is 18.6 Å². The van der Waals surface area contributed by atoms with E-state index in [0.717, 1.165) is 44.9 Å². The molecule has 2 heterocycles. The smallest absolute Gasteiger partial charge is 0.197 e. The molecule has 0 spiro atoms. The van der Waals surface area contributed by atoms with Gasteiger partial charge in [0.15, 0.2) is 6.23 Å². The van der Waals surface area contributed by atoms with E-state index in [2.05, 4.69) is 94.8 Å². The lowest BCUT2D eigenvalue weighted by atomic mass is 9.94. The van der Waals surface area contributed by atoms with Crippen molar-refractivity contribution in [2.24, 2.45) is 4.99 Å². The molecule has 0 fully saturated rings. The van der Waals surface area contributed by atoms with Crippen LogP contribution in [0.15, 0.2) is 126 Å². The second-order valence-corrected chi connectivity index (χ2v) is 9.33. The molecule has 0 bridgehead atoms. The number of hydrogen-bond donors (Lipinski definition) is 3. The quantitative estimate of drug-likeness (QED) is 0.267. The summed E-state index contributed by atoms with van der Waals surface area (Å²) in [5, 5.41) is 13.3. The molecule has 5 nitrogen and oxygen atoms in total. The molecule has 7 rings (SSSR count). The van der Waals surface area contributed by atoms with Gasteiger partial charge in [-0.15, -0.1) is 0 Å². The maximum atomic E-state index is 6.39. The summed E-state index contributed by atoms with van der Waals surface area (Å²) in [6.45, 7) is 0. The van der Waals surface area contributed by atoms with Gasteiger partial charge in [-0.25, -0.2) is 4.99 Å². The fraction of sp³-hybridized carbons (Fsp3) is 0.0938. The zero-order chi connectivity index (χ0) is 24.6. The third-order valence-electron chi connectivity index (χ3n) is 7.02. The van der Waals surface area contributed by atoms with E-state index in [1.807, 2.05) is 42.5 Å². The second-order valence-electron chi connectivity index (χ2n) is 9.33. The van der Waals surface area contributed by atoms with E-state index < -0.39 is 0 Å². The van der Waals surface area contributed by atoms with Gasteiger partial charge in [-0.2, -0.15) is 0 Å². The van der Waals surface area contributed by atoms with E-state index in [0.29, 0.717) is 0 Å². The zero-order valence-electron chi connectivity index (χ0n) is 20.1. The van der Waals surface area contributed by atoms with Crippen LogP contribution in [0.5, 0.6) is 5.75 Å². The fourth-order valence-electron chi connectivity index (χ4n) is 5.24. The summed E-state index contributed by atoms with van der Waals surface area (Å²) in [6.07, 6.45) is -0.712. The summed E-state index contributed by atoms with van der Waals surface area (Å²) >= 11 is 0. The molecule has 2 aliphatic heterocycles.